The van der Waals surface area contributed by atoms with Crippen LogP contribution in [0.4, 0.5) is 0 Å². The van der Waals surface area contributed by atoms with Crippen molar-refractivity contribution in [1.29, 1.82) is 5.26 Å². The van der Waals surface area contributed by atoms with Crippen molar-refractivity contribution < 1.29 is 14.3 Å². The number of carbonyl (C=O) groups excluding carboxylic acids is 1. The molecule has 130 valence electrons. The number of aryl methyl sites for hydroxylation is 1. The topological polar surface area (TPSA) is 71.3 Å². The lowest BCUT2D eigenvalue weighted by Crippen LogP contribution is -2.21. The van der Waals surface area contributed by atoms with Crippen LogP contribution < -0.4 is 14.8 Å². The van der Waals surface area contributed by atoms with Gasteiger partial charge in [0, 0.05) is 6.54 Å². The monoisotopic (exact) mass is 358 g/mol. The summed E-state index contributed by atoms with van der Waals surface area (Å²) in [6.07, 6.45) is -0.178. The summed E-state index contributed by atoms with van der Waals surface area (Å²) in [4.78, 5) is 11.4. The smallest absolute Gasteiger partial charge is 0.234 e. The van der Waals surface area contributed by atoms with Crippen LogP contribution in [-0.2, 0) is 17.9 Å². The van der Waals surface area contributed by atoms with Gasteiger partial charge in [0.25, 0.3) is 0 Å². The number of methoxy groups -OCH3 is 1. The Morgan fingerprint density at radius 3 is 2.76 bits per heavy atom. The molecule has 2 aromatic carbocycles. The summed E-state index contributed by atoms with van der Waals surface area (Å²) in [5.41, 5.74) is 2.96. The molecular weight excluding hydrogens is 340 g/mol. The van der Waals surface area contributed by atoms with Crippen LogP contribution in [0.3, 0.4) is 0 Å². The molecule has 0 bridgehead atoms. The first-order chi connectivity index (χ1) is 12.0. The minimum absolute atomic E-state index is 0.178. The van der Waals surface area contributed by atoms with Gasteiger partial charge in [-0.15, -0.1) is 0 Å². The van der Waals surface area contributed by atoms with Gasteiger partial charge in [-0.05, 0) is 35.7 Å². The van der Waals surface area contributed by atoms with Gasteiger partial charge >= 0.3 is 0 Å². The van der Waals surface area contributed by atoms with E-state index in [0.29, 0.717) is 23.1 Å². The van der Waals surface area contributed by atoms with Gasteiger partial charge in [0.15, 0.2) is 11.5 Å². The standard InChI is InChI=1S/C19H19ClN2O3/c1-13-5-3-4-6-15(13)12-25-19-16(20)9-14(10-17(19)24-2)11-22-18(23)7-8-21/h3-6,9-10H,7,11-12H2,1-2H3,(H,22,23). The first-order valence-electron chi connectivity index (χ1n) is 7.72. The molecule has 0 aliphatic rings. The first kappa shape index (κ1) is 18.6. The highest BCUT2D eigenvalue weighted by atomic mass is 35.5. The second kappa shape index (κ2) is 8.95. The zero-order valence-corrected chi connectivity index (χ0v) is 14.9. The lowest BCUT2D eigenvalue weighted by molar-refractivity contribution is -0.120. The van der Waals surface area contributed by atoms with Crippen LogP contribution in [0.15, 0.2) is 36.4 Å². The second-order valence-corrected chi connectivity index (χ2v) is 5.84. The maximum atomic E-state index is 11.4. The second-order valence-electron chi connectivity index (χ2n) is 5.44. The molecule has 6 heteroatoms. The molecule has 1 N–H and O–H groups in total. The van der Waals surface area contributed by atoms with Crippen LogP contribution in [0.2, 0.25) is 5.02 Å². The van der Waals surface area contributed by atoms with Gasteiger partial charge < -0.3 is 14.8 Å². The molecule has 2 rings (SSSR count). The number of ether oxygens (including phenoxy) is 2. The van der Waals surface area contributed by atoms with Gasteiger partial charge in [-0.3, -0.25) is 4.79 Å². The summed E-state index contributed by atoms with van der Waals surface area (Å²) in [6.45, 7) is 2.65. The SMILES string of the molecule is COc1cc(CNC(=O)CC#N)cc(Cl)c1OCc1ccccc1C. The number of halogens is 1. The van der Waals surface area contributed by atoms with E-state index < -0.39 is 0 Å². The molecule has 0 atom stereocenters. The van der Waals surface area contributed by atoms with E-state index in [1.165, 1.54) is 7.11 Å². The summed E-state index contributed by atoms with van der Waals surface area (Å²) < 4.78 is 11.2. The van der Waals surface area contributed by atoms with Gasteiger partial charge in [-0.1, -0.05) is 35.9 Å². The Hall–Kier alpha value is -2.71. The molecular formula is C19H19ClN2O3. The summed E-state index contributed by atoms with van der Waals surface area (Å²) in [5, 5.41) is 11.5. The minimum Gasteiger partial charge on any atom is -0.493 e. The van der Waals surface area contributed by atoms with E-state index in [1.54, 1.807) is 18.2 Å². The van der Waals surface area contributed by atoms with Gasteiger partial charge in [-0.2, -0.15) is 5.26 Å². The largest absolute Gasteiger partial charge is 0.493 e. The van der Waals surface area contributed by atoms with Crippen molar-refractivity contribution in [3.8, 4) is 17.6 Å². The van der Waals surface area contributed by atoms with E-state index in [9.17, 15) is 4.79 Å². The zero-order chi connectivity index (χ0) is 18.2. The van der Waals surface area contributed by atoms with Crippen LogP contribution in [-0.4, -0.2) is 13.0 Å². The van der Waals surface area contributed by atoms with Crippen LogP contribution in [0.25, 0.3) is 0 Å². The third-order valence-electron chi connectivity index (χ3n) is 3.65. The number of hydrogen-bond acceptors (Lipinski definition) is 4. The van der Waals surface area contributed by atoms with E-state index in [2.05, 4.69) is 5.32 Å². The van der Waals surface area contributed by atoms with Crippen molar-refractivity contribution in [3.63, 3.8) is 0 Å². The van der Waals surface area contributed by atoms with Crippen molar-refractivity contribution in [3.05, 3.63) is 58.1 Å². The fourth-order valence-electron chi connectivity index (χ4n) is 2.27. The fourth-order valence-corrected chi connectivity index (χ4v) is 2.56. The number of carbonyl (C=O) groups is 1. The molecule has 0 saturated heterocycles. The fraction of sp³-hybridized carbons (Fsp3) is 0.263. The molecule has 2 aromatic rings. The molecule has 0 saturated carbocycles. The molecule has 1 amide bonds. The highest BCUT2D eigenvalue weighted by Gasteiger charge is 2.13. The Morgan fingerprint density at radius 1 is 1.32 bits per heavy atom. The lowest BCUT2D eigenvalue weighted by Gasteiger charge is -2.15. The third kappa shape index (κ3) is 5.13. The van der Waals surface area contributed by atoms with Crippen LogP contribution in [0.5, 0.6) is 11.5 Å². The summed E-state index contributed by atoms with van der Waals surface area (Å²) in [5.74, 6) is 0.614. The van der Waals surface area contributed by atoms with E-state index in [0.717, 1.165) is 16.7 Å². The molecule has 0 aromatic heterocycles. The van der Waals surface area contributed by atoms with Crippen molar-refractivity contribution in [2.45, 2.75) is 26.5 Å². The number of rotatable bonds is 7. The third-order valence-corrected chi connectivity index (χ3v) is 3.93. The van der Waals surface area contributed by atoms with Gasteiger partial charge in [-0.25, -0.2) is 0 Å². The van der Waals surface area contributed by atoms with E-state index in [1.807, 2.05) is 31.2 Å². The summed E-state index contributed by atoms with van der Waals surface area (Å²) in [7, 11) is 1.53. The van der Waals surface area contributed by atoms with E-state index in [4.69, 9.17) is 26.3 Å². The average Bonchev–Trinajstić information content (AvgIpc) is 2.60. The lowest BCUT2D eigenvalue weighted by atomic mass is 10.1. The van der Waals surface area contributed by atoms with Crippen LogP contribution >= 0.6 is 11.6 Å². The maximum absolute atomic E-state index is 11.4. The highest BCUT2D eigenvalue weighted by molar-refractivity contribution is 6.32. The minimum atomic E-state index is -0.336. The Balaban J connectivity index is 2.12. The Bertz CT molecular complexity index is 800. The summed E-state index contributed by atoms with van der Waals surface area (Å²) in [6, 6.07) is 13.2. The molecule has 0 heterocycles. The number of nitrogens with one attached hydrogen (secondary N) is 1. The highest BCUT2D eigenvalue weighted by Crippen LogP contribution is 2.37. The van der Waals surface area contributed by atoms with Crippen molar-refractivity contribution >= 4 is 17.5 Å². The Morgan fingerprint density at radius 2 is 2.08 bits per heavy atom. The molecule has 5 nitrogen and oxygen atoms in total. The predicted octanol–water partition coefficient (Wildman–Crippen LogP) is 3.77. The number of nitrogens with zero attached hydrogens (tertiary/aromatic N) is 1. The van der Waals surface area contributed by atoms with Gasteiger partial charge in [0.05, 0.1) is 18.2 Å². The molecule has 0 fully saturated rings. The van der Waals surface area contributed by atoms with Crippen molar-refractivity contribution in [2.75, 3.05) is 7.11 Å². The quantitative estimate of drug-likeness (QED) is 0.817. The number of benzene rings is 2. The van der Waals surface area contributed by atoms with Crippen LogP contribution in [0, 0.1) is 18.3 Å². The van der Waals surface area contributed by atoms with E-state index in [-0.39, 0.29) is 18.9 Å². The summed E-state index contributed by atoms with van der Waals surface area (Å²) >= 11 is 6.33. The molecule has 0 radical (unpaired) electrons. The van der Waals surface area contributed by atoms with Gasteiger partial charge in [0.2, 0.25) is 5.91 Å². The average molecular weight is 359 g/mol. The first-order valence-corrected chi connectivity index (χ1v) is 8.10. The van der Waals surface area contributed by atoms with Crippen molar-refractivity contribution in [2.24, 2.45) is 0 Å². The molecule has 0 aliphatic heterocycles. The Kier molecular flexibility index (Phi) is 6.67. The van der Waals surface area contributed by atoms with Crippen LogP contribution in [0.1, 0.15) is 23.1 Å². The Labute approximate surface area is 152 Å². The molecule has 25 heavy (non-hydrogen) atoms. The zero-order valence-electron chi connectivity index (χ0n) is 14.1. The van der Waals surface area contributed by atoms with Gasteiger partial charge in [0.1, 0.15) is 13.0 Å². The predicted molar refractivity (Wildman–Crippen MR) is 95.6 cm³/mol. The molecule has 0 spiro atoms. The molecule has 0 aliphatic carbocycles. The van der Waals surface area contributed by atoms with E-state index >= 15 is 0 Å². The van der Waals surface area contributed by atoms with Crippen molar-refractivity contribution in [1.82, 2.24) is 5.32 Å². The number of nitriles is 1. The number of hydrogen-bond donors (Lipinski definition) is 1. The molecule has 0 unspecified atom stereocenters. The number of amides is 1. The normalized spacial score (nSPS) is 10.0. The maximum Gasteiger partial charge on any atom is 0.234 e.